The molecule has 0 radical (unpaired) electrons. The van der Waals surface area contributed by atoms with Gasteiger partial charge < -0.3 is 18.9 Å². The van der Waals surface area contributed by atoms with Crippen LogP contribution in [0.5, 0.6) is 0 Å². The van der Waals surface area contributed by atoms with Crippen molar-refractivity contribution in [3.05, 3.63) is 24.2 Å². The average Bonchev–Trinajstić information content (AvgIpc) is 3.32. The van der Waals surface area contributed by atoms with E-state index in [4.69, 9.17) is 14.5 Å². The zero-order chi connectivity index (χ0) is 20.3. The largest absolute Gasteiger partial charge is 0.383 e. The number of morpholine rings is 1. The molecule has 1 aliphatic carbocycles. The number of fused-ring (bicyclic) bond motifs is 1. The Morgan fingerprint density at radius 2 is 2.21 bits per heavy atom. The van der Waals surface area contributed by atoms with Crippen molar-refractivity contribution in [2.45, 2.75) is 63.5 Å². The number of hydrogen-bond donors (Lipinski definition) is 0. The first-order chi connectivity index (χ1) is 14.1. The molecule has 158 valence electrons. The molecule has 1 saturated heterocycles. The summed E-state index contributed by atoms with van der Waals surface area (Å²) in [5.41, 5.74) is 1.71. The summed E-state index contributed by atoms with van der Waals surface area (Å²) in [5, 5.41) is 0. The lowest BCUT2D eigenvalue weighted by Gasteiger charge is -2.40. The van der Waals surface area contributed by atoms with Crippen LogP contribution < -0.4 is 0 Å². The van der Waals surface area contributed by atoms with Crippen LogP contribution in [0.4, 0.5) is 0 Å². The summed E-state index contributed by atoms with van der Waals surface area (Å²) < 4.78 is 13.6. The predicted molar refractivity (Wildman–Crippen MR) is 111 cm³/mol. The smallest absolute Gasteiger partial charge is 0.222 e. The van der Waals surface area contributed by atoms with Crippen molar-refractivity contribution < 1.29 is 14.3 Å². The molecule has 1 saturated carbocycles. The summed E-state index contributed by atoms with van der Waals surface area (Å²) in [5.74, 6) is 1.22. The summed E-state index contributed by atoms with van der Waals surface area (Å²) in [4.78, 5) is 24.2. The molecule has 0 unspecified atom stereocenters. The third-order valence-corrected chi connectivity index (χ3v) is 6.28. The number of pyridine rings is 1. The fourth-order valence-corrected chi connectivity index (χ4v) is 4.87. The summed E-state index contributed by atoms with van der Waals surface area (Å²) >= 11 is 0. The standard InChI is InChI=1S/C22H32N4O3/c1-17(15-28-2)26-19(24-18-7-6-12-23-21(18)26)8-5-9-20(27)25-13-14-29-22(16-25)10-3-4-11-22/h6-7,12,17H,3-5,8-11,13-16H2,1-2H3/t17-/m1/s1. The van der Waals surface area contributed by atoms with Gasteiger partial charge in [0, 0.05) is 39.2 Å². The molecule has 2 aromatic heterocycles. The summed E-state index contributed by atoms with van der Waals surface area (Å²) in [6, 6.07) is 4.04. The zero-order valence-electron chi connectivity index (χ0n) is 17.6. The van der Waals surface area contributed by atoms with Gasteiger partial charge in [0.15, 0.2) is 5.65 Å². The van der Waals surface area contributed by atoms with E-state index in [0.29, 0.717) is 26.2 Å². The van der Waals surface area contributed by atoms with Gasteiger partial charge in [-0.1, -0.05) is 12.8 Å². The van der Waals surface area contributed by atoms with Crippen LogP contribution >= 0.6 is 0 Å². The second-order valence-corrected chi connectivity index (χ2v) is 8.46. The third kappa shape index (κ3) is 4.31. The quantitative estimate of drug-likeness (QED) is 0.714. The minimum atomic E-state index is -0.0663. The molecule has 0 aromatic carbocycles. The fourth-order valence-electron chi connectivity index (χ4n) is 4.87. The number of hydrogen-bond acceptors (Lipinski definition) is 5. The molecule has 1 spiro atoms. The maximum Gasteiger partial charge on any atom is 0.222 e. The van der Waals surface area contributed by atoms with E-state index in [2.05, 4.69) is 16.5 Å². The molecule has 1 atom stereocenters. The molecule has 2 fully saturated rings. The number of amides is 1. The molecule has 2 aliphatic rings. The van der Waals surface area contributed by atoms with Crippen molar-refractivity contribution in [1.82, 2.24) is 19.4 Å². The van der Waals surface area contributed by atoms with Gasteiger partial charge in [-0.15, -0.1) is 0 Å². The van der Waals surface area contributed by atoms with Crippen molar-refractivity contribution in [1.29, 1.82) is 0 Å². The van der Waals surface area contributed by atoms with Crippen LogP contribution in [0.3, 0.4) is 0 Å². The number of carbonyl (C=O) groups excluding carboxylic acids is 1. The van der Waals surface area contributed by atoms with Gasteiger partial charge in [-0.05, 0) is 38.3 Å². The third-order valence-electron chi connectivity index (χ3n) is 6.28. The van der Waals surface area contributed by atoms with Crippen LogP contribution in [-0.2, 0) is 20.7 Å². The highest BCUT2D eigenvalue weighted by Gasteiger charge is 2.40. The van der Waals surface area contributed by atoms with Crippen molar-refractivity contribution in [3.8, 4) is 0 Å². The fraction of sp³-hybridized carbons (Fsp3) is 0.682. The Morgan fingerprint density at radius 3 is 3.00 bits per heavy atom. The number of methoxy groups -OCH3 is 1. The van der Waals surface area contributed by atoms with Crippen LogP contribution in [0.25, 0.3) is 11.2 Å². The summed E-state index contributed by atoms with van der Waals surface area (Å²) in [7, 11) is 1.71. The molecule has 2 aromatic rings. The highest BCUT2D eigenvalue weighted by atomic mass is 16.5. The first-order valence-electron chi connectivity index (χ1n) is 10.8. The average molecular weight is 401 g/mol. The topological polar surface area (TPSA) is 69.5 Å². The van der Waals surface area contributed by atoms with E-state index in [1.165, 1.54) is 12.8 Å². The molecule has 0 bridgehead atoms. The molecule has 4 rings (SSSR count). The van der Waals surface area contributed by atoms with E-state index >= 15 is 0 Å². The molecular weight excluding hydrogens is 368 g/mol. The lowest BCUT2D eigenvalue weighted by Crippen LogP contribution is -2.52. The van der Waals surface area contributed by atoms with Gasteiger partial charge in [-0.2, -0.15) is 0 Å². The molecule has 3 heterocycles. The van der Waals surface area contributed by atoms with Gasteiger partial charge in [0.2, 0.25) is 5.91 Å². The first-order valence-corrected chi connectivity index (χ1v) is 10.8. The van der Waals surface area contributed by atoms with Gasteiger partial charge in [0.25, 0.3) is 0 Å². The van der Waals surface area contributed by atoms with Crippen LogP contribution in [0.15, 0.2) is 18.3 Å². The predicted octanol–water partition coefficient (Wildman–Crippen LogP) is 3.13. The highest BCUT2D eigenvalue weighted by Crippen LogP contribution is 2.36. The Hall–Kier alpha value is -1.99. The molecular formula is C22H32N4O3. The van der Waals surface area contributed by atoms with Crippen LogP contribution in [-0.4, -0.2) is 64.4 Å². The summed E-state index contributed by atoms with van der Waals surface area (Å²) in [6.45, 7) is 4.86. The normalized spacial score (nSPS) is 19.9. The van der Waals surface area contributed by atoms with E-state index in [9.17, 15) is 4.79 Å². The highest BCUT2D eigenvalue weighted by molar-refractivity contribution is 5.76. The van der Waals surface area contributed by atoms with Gasteiger partial charge in [0.1, 0.15) is 11.3 Å². The number of rotatable bonds is 7. The Bertz CT molecular complexity index is 844. The second kappa shape index (κ2) is 8.79. The Kier molecular flexibility index (Phi) is 6.15. The monoisotopic (exact) mass is 400 g/mol. The molecule has 1 aliphatic heterocycles. The molecule has 1 amide bonds. The van der Waals surface area contributed by atoms with Gasteiger partial charge in [0.05, 0.1) is 24.9 Å². The lowest BCUT2D eigenvalue weighted by atomic mass is 9.99. The number of carbonyl (C=O) groups is 1. The SMILES string of the molecule is COC[C@@H](C)n1c(CCCC(=O)N2CCOC3(CCCC3)C2)nc2cccnc21. The number of imidazole rings is 1. The van der Waals surface area contributed by atoms with Crippen molar-refractivity contribution in [3.63, 3.8) is 0 Å². The first kappa shape index (κ1) is 20.3. The Labute approximate surface area is 172 Å². The van der Waals surface area contributed by atoms with E-state index < -0.39 is 0 Å². The minimum absolute atomic E-state index is 0.0663. The van der Waals surface area contributed by atoms with Crippen LogP contribution in [0.2, 0.25) is 0 Å². The Morgan fingerprint density at radius 1 is 1.38 bits per heavy atom. The van der Waals surface area contributed by atoms with Crippen molar-refractivity contribution >= 4 is 17.1 Å². The zero-order valence-corrected chi connectivity index (χ0v) is 17.6. The van der Waals surface area contributed by atoms with Crippen molar-refractivity contribution in [2.75, 3.05) is 33.4 Å². The van der Waals surface area contributed by atoms with Crippen LogP contribution in [0, 0.1) is 0 Å². The maximum atomic E-state index is 12.8. The van der Waals surface area contributed by atoms with Crippen LogP contribution in [0.1, 0.15) is 57.3 Å². The minimum Gasteiger partial charge on any atom is -0.383 e. The second-order valence-electron chi connectivity index (χ2n) is 8.46. The number of nitrogens with zero attached hydrogens (tertiary/aromatic N) is 4. The van der Waals surface area contributed by atoms with Gasteiger partial charge in [-0.3, -0.25) is 4.79 Å². The maximum absolute atomic E-state index is 12.8. The summed E-state index contributed by atoms with van der Waals surface area (Å²) in [6.07, 6.45) is 8.49. The molecule has 0 N–H and O–H groups in total. The number of ether oxygens (including phenoxy) is 2. The van der Waals surface area contributed by atoms with Crippen molar-refractivity contribution in [2.24, 2.45) is 0 Å². The van der Waals surface area contributed by atoms with E-state index in [0.717, 1.165) is 49.2 Å². The molecule has 7 heteroatoms. The number of aromatic nitrogens is 3. The molecule has 29 heavy (non-hydrogen) atoms. The van der Waals surface area contributed by atoms with Gasteiger partial charge in [-0.25, -0.2) is 9.97 Å². The van der Waals surface area contributed by atoms with E-state index in [-0.39, 0.29) is 17.6 Å². The lowest BCUT2D eigenvalue weighted by molar-refractivity contribution is -0.149. The molecule has 7 nitrogen and oxygen atoms in total. The Balaban J connectivity index is 1.39. The van der Waals surface area contributed by atoms with E-state index in [1.807, 2.05) is 17.0 Å². The van der Waals surface area contributed by atoms with E-state index in [1.54, 1.807) is 13.3 Å². The van der Waals surface area contributed by atoms with Gasteiger partial charge >= 0.3 is 0 Å². The number of aryl methyl sites for hydroxylation is 1.